The molecule has 0 bridgehead atoms. The van der Waals surface area contributed by atoms with Crippen molar-refractivity contribution in [2.45, 2.75) is 134 Å². The van der Waals surface area contributed by atoms with E-state index in [1.165, 1.54) is 12.1 Å². The zero-order valence-electron chi connectivity index (χ0n) is 47.7. The second kappa shape index (κ2) is 26.2. The van der Waals surface area contributed by atoms with Crippen LogP contribution in [0.5, 0.6) is 0 Å². The maximum Gasteiger partial charge on any atom is 0.410 e. The van der Waals surface area contributed by atoms with E-state index in [9.17, 15) is 36.0 Å². The van der Waals surface area contributed by atoms with Crippen LogP contribution >= 0.6 is 10.7 Å². The Morgan fingerprint density at radius 1 is 0.595 bits per heavy atom. The number of nitrogens with one attached hydrogen (secondary N) is 3. The summed E-state index contributed by atoms with van der Waals surface area (Å²) in [5, 5.41) is 0. The van der Waals surface area contributed by atoms with E-state index in [2.05, 4.69) is 24.7 Å². The van der Waals surface area contributed by atoms with E-state index in [0.29, 0.717) is 54.2 Å². The summed E-state index contributed by atoms with van der Waals surface area (Å²) in [6.45, 7) is 15.8. The molecule has 2 aliphatic rings. The van der Waals surface area contributed by atoms with Gasteiger partial charge in [0.2, 0.25) is 0 Å². The molecule has 444 valence electrons. The second-order valence-corrected chi connectivity index (χ2v) is 26.9. The van der Waals surface area contributed by atoms with Crippen molar-refractivity contribution in [1.29, 1.82) is 0 Å². The number of sulfonamides is 1. The molecule has 84 heavy (non-hydrogen) atoms. The smallest absolute Gasteiger partial charge is 0.410 e. The van der Waals surface area contributed by atoms with Crippen LogP contribution in [0.1, 0.15) is 96.9 Å². The van der Waals surface area contributed by atoms with Crippen molar-refractivity contribution in [2.24, 2.45) is 0 Å². The summed E-state index contributed by atoms with van der Waals surface area (Å²) in [6, 6.07) is 38.3. The molecular formula is C63H73ClN8O10S2. The molecule has 5 N–H and O–H groups in total. The van der Waals surface area contributed by atoms with Gasteiger partial charge in [-0.2, -0.15) is 0 Å². The topological polar surface area (TPSA) is 257 Å². The van der Waals surface area contributed by atoms with Gasteiger partial charge in [-0.1, -0.05) is 103 Å². The molecule has 10 rings (SSSR count). The SMILES string of the molecule is C.CC(C)(C)OC(=O)N1CCC[C@H]1C(=O)Cc1ccc(-c2nc3c(N)cccc3[nH]2)cc1.Cc1ccc(S(=O)(=O)Cl)cc1.Cc1ccc(S(=O)(=O)Nc2cccc3[nH]c(-c4ccc(CC(=O)[C@@H]5CCCN5C(=O)OC(C)(C)C)cc4)nc23)cc1. The van der Waals surface area contributed by atoms with Gasteiger partial charge in [0.15, 0.2) is 11.6 Å². The molecule has 0 spiro atoms. The van der Waals surface area contributed by atoms with Gasteiger partial charge >= 0.3 is 12.2 Å². The minimum Gasteiger partial charge on any atom is -0.444 e. The third-order valence-electron chi connectivity index (χ3n) is 13.7. The highest BCUT2D eigenvalue weighted by Crippen LogP contribution is 2.31. The van der Waals surface area contributed by atoms with Crippen LogP contribution in [-0.2, 0) is 51.0 Å². The zero-order valence-corrected chi connectivity index (χ0v) is 50.0. The molecule has 6 aromatic carbocycles. The third kappa shape index (κ3) is 16.4. The first-order chi connectivity index (χ1) is 39.1. The Balaban J connectivity index is 0.000000207. The van der Waals surface area contributed by atoms with Gasteiger partial charge < -0.3 is 25.2 Å². The average molecular weight is 1200 g/mol. The predicted octanol–water partition coefficient (Wildman–Crippen LogP) is 12.7. The molecule has 2 fully saturated rings. The number of fused-ring (bicyclic) bond motifs is 2. The molecule has 18 nitrogen and oxygen atoms in total. The number of rotatable bonds is 12. The number of imidazole rings is 2. The first-order valence-electron chi connectivity index (χ1n) is 27.2. The number of hydrogen-bond donors (Lipinski definition) is 4. The Kier molecular flexibility index (Phi) is 19.8. The van der Waals surface area contributed by atoms with E-state index >= 15 is 0 Å². The third-order valence-corrected chi connectivity index (χ3v) is 16.4. The Bertz CT molecular complexity index is 3870. The largest absolute Gasteiger partial charge is 0.444 e. The number of nitrogens with zero attached hydrogens (tertiary/aromatic N) is 4. The molecule has 21 heteroatoms. The van der Waals surface area contributed by atoms with Crippen LogP contribution in [-0.4, -0.2) is 107 Å². The summed E-state index contributed by atoms with van der Waals surface area (Å²) in [4.78, 5) is 70.3. The normalized spacial score (nSPS) is 15.3. The quantitative estimate of drug-likeness (QED) is 0.0656. The predicted molar refractivity (Wildman–Crippen MR) is 330 cm³/mol. The van der Waals surface area contributed by atoms with Gasteiger partial charge in [-0.25, -0.2) is 36.4 Å². The Labute approximate surface area is 496 Å². The minimum atomic E-state index is -3.79. The number of anilines is 2. The van der Waals surface area contributed by atoms with Crippen molar-refractivity contribution in [2.75, 3.05) is 23.5 Å². The molecule has 0 unspecified atom stereocenters. The summed E-state index contributed by atoms with van der Waals surface area (Å²) in [5.41, 5.74) is 14.1. The molecule has 0 radical (unpaired) electrons. The number of likely N-dealkylation sites (tertiary alicyclic amines) is 2. The molecular weight excluding hydrogens is 1130 g/mol. The number of amides is 2. The molecule has 0 saturated carbocycles. The number of nitrogen functional groups attached to an aromatic ring is 1. The Morgan fingerprint density at radius 3 is 1.42 bits per heavy atom. The number of carbonyl (C=O) groups excluding carboxylic acids is 4. The van der Waals surface area contributed by atoms with Gasteiger partial charge in [-0.05, 0) is 141 Å². The molecule has 2 saturated heterocycles. The van der Waals surface area contributed by atoms with Gasteiger partial charge in [0.05, 0.1) is 44.3 Å². The van der Waals surface area contributed by atoms with Crippen LogP contribution < -0.4 is 10.5 Å². The van der Waals surface area contributed by atoms with E-state index in [0.717, 1.165) is 63.1 Å². The lowest BCUT2D eigenvalue weighted by molar-refractivity contribution is -0.123. The second-order valence-electron chi connectivity index (χ2n) is 22.6. The van der Waals surface area contributed by atoms with Crippen LogP contribution in [0.2, 0.25) is 0 Å². The number of aromatic nitrogens is 4. The average Bonchev–Trinajstić information content (AvgIpc) is 3.01. The fraction of sp³-hybridized carbons (Fsp3) is 0.333. The summed E-state index contributed by atoms with van der Waals surface area (Å²) < 4.78 is 61.0. The summed E-state index contributed by atoms with van der Waals surface area (Å²) in [5.74, 6) is 1.33. The number of ketones is 2. The van der Waals surface area contributed by atoms with E-state index in [-0.39, 0.29) is 41.6 Å². The molecule has 2 aromatic heterocycles. The molecule has 4 heterocycles. The number of ether oxygens (including phenoxy) is 2. The standard InChI is InChI=1S/C31H34N4O5S.C24H28N4O3.C7H7ClO2S.CH4/c1-20-10-16-23(17-11-20)41(38,39)34-25-8-5-7-24-28(25)33-29(32-24)22-14-12-21(13-15-22)19-27(36)26-9-6-18-35(26)30(37)40-31(2,3)4;1-24(2,3)31-23(30)28-13-5-8-19(28)20(29)14-15-9-11-16(12-10-15)22-26-18-7-4-6-17(25)21(18)27-22;1-6-2-4-7(5-3-6)11(8,9)10;/h5,7-8,10-17,26,34H,6,9,18-19H2,1-4H3,(H,32,33);4,6-7,9-12,19H,5,8,13-14,25H2,1-3H3,(H,26,27);2-5H,1H3;1H4/t26-;19-;;/m00../s1. The van der Waals surface area contributed by atoms with Crippen molar-refractivity contribution in [1.82, 2.24) is 29.7 Å². The van der Waals surface area contributed by atoms with Crippen molar-refractivity contribution in [3.8, 4) is 22.8 Å². The lowest BCUT2D eigenvalue weighted by Gasteiger charge is -2.28. The van der Waals surface area contributed by atoms with Crippen LogP contribution in [0.4, 0.5) is 21.0 Å². The van der Waals surface area contributed by atoms with Gasteiger partial charge in [-0.15, -0.1) is 0 Å². The molecule has 0 aliphatic carbocycles. The lowest BCUT2D eigenvalue weighted by atomic mass is 10.0. The fourth-order valence-corrected chi connectivity index (χ4v) is 11.4. The zero-order chi connectivity index (χ0) is 60.0. The number of halogens is 1. The van der Waals surface area contributed by atoms with E-state index in [1.54, 1.807) is 58.3 Å². The number of nitrogens with two attached hydrogens (primary N) is 1. The maximum atomic E-state index is 13.1. The van der Waals surface area contributed by atoms with Gasteiger partial charge in [0.25, 0.3) is 19.1 Å². The van der Waals surface area contributed by atoms with Gasteiger partial charge in [0, 0.05) is 47.7 Å². The number of para-hydroxylation sites is 2. The molecule has 8 aromatic rings. The highest BCUT2D eigenvalue weighted by atomic mass is 35.7. The maximum absolute atomic E-state index is 13.1. The molecule has 2 atom stereocenters. The van der Waals surface area contributed by atoms with Crippen LogP contribution in [0.3, 0.4) is 0 Å². The van der Waals surface area contributed by atoms with Crippen molar-refractivity contribution < 1.29 is 45.5 Å². The number of aromatic amines is 2. The molecule has 2 aliphatic heterocycles. The fourth-order valence-electron chi connectivity index (χ4n) is 9.54. The number of Topliss-reactive ketones (excluding diaryl/α,β-unsaturated/α-hetero) is 2. The summed E-state index contributed by atoms with van der Waals surface area (Å²) in [7, 11) is -2.25. The summed E-state index contributed by atoms with van der Waals surface area (Å²) in [6.07, 6.45) is 2.50. The van der Waals surface area contributed by atoms with E-state index in [4.69, 9.17) is 25.9 Å². The monoisotopic (exact) mass is 1200 g/mol. The van der Waals surface area contributed by atoms with Crippen molar-refractivity contribution >= 4 is 87.0 Å². The first kappa shape index (κ1) is 63.5. The van der Waals surface area contributed by atoms with Gasteiger partial charge in [-0.3, -0.25) is 24.1 Å². The Morgan fingerprint density at radius 2 is 1.00 bits per heavy atom. The number of aryl methyl sites for hydroxylation is 2. The Hall–Kier alpha value is -8.07. The molecule has 2 amide bonds. The number of carbonyl (C=O) groups is 4. The lowest BCUT2D eigenvalue weighted by Crippen LogP contribution is -2.43. The van der Waals surface area contributed by atoms with Crippen molar-refractivity contribution in [3.63, 3.8) is 0 Å². The van der Waals surface area contributed by atoms with E-state index < -0.39 is 54.5 Å². The minimum absolute atomic E-state index is 0. The van der Waals surface area contributed by atoms with Gasteiger partial charge in [0.1, 0.15) is 33.9 Å². The van der Waals surface area contributed by atoms with Crippen LogP contribution in [0, 0.1) is 13.8 Å². The highest BCUT2D eigenvalue weighted by Gasteiger charge is 2.38. The van der Waals surface area contributed by atoms with Crippen LogP contribution in [0.25, 0.3) is 44.8 Å². The van der Waals surface area contributed by atoms with Crippen LogP contribution in [0.15, 0.2) is 143 Å². The van der Waals surface area contributed by atoms with E-state index in [1.807, 2.05) is 128 Å². The highest BCUT2D eigenvalue weighted by molar-refractivity contribution is 8.13. The number of benzene rings is 6. The summed E-state index contributed by atoms with van der Waals surface area (Å²) >= 11 is 0. The first-order valence-corrected chi connectivity index (χ1v) is 31.0. The number of hydrogen-bond acceptors (Lipinski definition) is 13. The number of H-pyrrole nitrogens is 2. The van der Waals surface area contributed by atoms with Crippen molar-refractivity contribution in [3.05, 3.63) is 156 Å².